The zero-order valence-corrected chi connectivity index (χ0v) is 82.7. The standard InChI is InChI=1S/3C29H48O.C29H46O/c4*1-7-21(19(2)3)9-8-20(4)25-12-13-26-24-11-10-22-18-23(30)14-16-28(22,5)27(24)15-17-29(25,26)6/h10,20,23-27,30H,7-9,11-18H2,1-6H3;7,11,19-20,22-23,25-27,30H,8-10,12-18H2,1-6H3;7,10,19-20,23-27,30H,8-9,11-18H2,1-6H3;7,10-11,19-20,23,25-27,30H,8-9,12-18H2,1-6H3/b;3*21-7-/t20-,23+,24?,25?,26?,27?,28+,29-;20-,22?,23+,25?,26?,27?,28+,29-;20-,23+,24?,25?,26?,27?,28+,29-;20-,23+,25?,26?,27?,28+,29-/m1111/s1. The van der Waals surface area contributed by atoms with Crippen LogP contribution in [-0.4, -0.2) is 44.8 Å². The van der Waals surface area contributed by atoms with Gasteiger partial charge in [0.2, 0.25) is 0 Å². The summed E-state index contributed by atoms with van der Waals surface area (Å²) in [7, 11) is 0. The van der Waals surface area contributed by atoms with Crippen molar-refractivity contribution in [3.63, 3.8) is 0 Å². The van der Waals surface area contributed by atoms with Crippen molar-refractivity contribution >= 4 is 0 Å². The molecule has 4 heteroatoms. The van der Waals surface area contributed by atoms with Crippen LogP contribution in [0.25, 0.3) is 0 Å². The zero-order chi connectivity index (χ0) is 86.7. The molecule has 0 heterocycles. The van der Waals surface area contributed by atoms with Crippen LogP contribution >= 0.6 is 0 Å². The fraction of sp³-hybridized carbons (Fsp3) is 0.845. The summed E-state index contributed by atoms with van der Waals surface area (Å²) >= 11 is 0. The maximum absolute atomic E-state index is 10.3. The lowest BCUT2D eigenvalue weighted by Crippen LogP contribution is -2.50. The minimum absolute atomic E-state index is 0.0449. The predicted molar refractivity (Wildman–Crippen MR) is 513 cm³/mol. The number of aliphatic hydroxyl groups excluding tert-OH is 4. The first kappa shape index (κ1) is 95.1. The normalized spacial score (nSPS) is 43.9. The zero-order valence-electron chi connectivity index (χ0n) is 82.7. The second kappa shape index (κ2) is 38.3. The molecular weight excluding hydrogens is 1460 g/mol. The summed E-state index contributed by atoms with van der Waals surface area (Å²) in [5.74, 6) is 18.3. The first-order valence-corrected chi connectivity index (χ1v) is 52.6. The van der Waals surface area contributed by atoms with Gasteiger partial charge in [-0.2, -0.15) is 0 Å². The summed E-state index contributed by atoms with van der Waals surface area (Å²) in [4.78, 5) is 0. The van der Waals surface area contributed by atoms with Gasteiger partial charge in [0.15, 0.2) is 0 Å². The Labute approximate surface area is 741 Å². The molecule has 16 rings (SSSR count). The number of rotatable bonds is 20. The minimum atomic E-state index is -0.113. The third kappa shape index (κ3) is 18.1. The molecule has 678 valence electrons. The quantitative estimate of drug-likeness (QED) is 0.0916. The molecule has 0 saturated heterocycles. The fourth-order valence-electron chi connectivity index (χ4n) is 35.1. The highest BCUT2D eigenvalue weighted by Gasteiger charge is 2.64. The minimum Gasteiger partial charge on any atom is -0.393 e. The molecule has 0 bridgehead atoms. The topological polar surface area (TPSA) is 80.9 Å². The van der Waals surface area contributed by atoms with Crippen LogP contribution in [0.15, 0.2) is 104 Å². The van der Waals surface area contributed by atoms with E-state index >= 15 is 0 Å². The molecule has 12 saturated carbocycles. The average molecular weight is 1650 g/mol. The molecule has 0 aromatic rings. The molecule has 12 fully saturated rings. The van der Waals surface area contributed by atoms with E-state index in [0.29, 0.717) is 67.0 Å². The lowest BCUT2D eigenvalue weighted by molar-refractivity contribution is -0.0571. The van der Waals surface area contributed by atoms with Gasteiger partial charge in [0.05, 0.1) is 24.4 Å². The summed E-state index contributed by atoms with van der Waals surface area (Å²) in [5.41, 5.74) is 20.3. The Morgan fingerprint density at radius 2 is 0.725 bits per heavy atom. The van der Waals surface area contributed by atoms with Crippen molar-refractivity contribution in [2.75, 3.05) is 0 Å². The van der Waals surface area contributed by atoms with E-state index in [-0.39, 0.29) is 24.4 Å². The summed E-state index contributed by atoms with van der Waals surface area (Å²) in [6, 6.07) is 0. The Morgan fingerprint density at radius 3 is 1.15 bits per heavy atom. The Hall–Kier alpha value is -2.50. The average Bonchev–Trinajstić information content (AvgIpc) is 1.50. The smallest absolute Gasteiger partial charge is 0.0578 e. The van der Waals surface area contributed by atoms with E-state index in [1.54, 1.807) is 44.6 Å². The van der Waals surface area contributed by atoms with E-state index in [0.717, 1.165) is 158 Å². The maximum Gasteiger partial charge on any atom is 0.0578 e. The summed E-state index contributed by atoms with van der Waals surface area (Å²) in [5, 5.41) is 41.0. The third-order valence-corrected chi connectivity index (χ3v) is 42.8. The lowest BCUT2D eigenvalue weighted by atomic mass is 9.47. The van der Waals surface area contributed by atoms with Gasteiger partial charge in [-0.3, -0.25) is 0 Å². The first-order chi connectivity index (χ1) is 56.8. The molecule has 0 aliphatic heterocycles. The molecule has 0 spiro atoms. The Bertz CT molecular complexity index is 3770. The van der Waals surface area contributed by atoms with Crippen LogP contribution in [-0.2, 0) is 0 Å². The second-order valence-corrected chi connectivity index (χ2v) is 49.3. The van der Waals surface area contributed by atoms with Gasteiger partial charge in [0.25, 0.3) is 0 Å². The van der Waals surface area contributed by atoms with Gasteiger partial charge in [-0.15, -0.1) is 0 Å². The molecule has 16 aliphatic rings. The van der Waals surface area contributed by atoms with Crippen molar-refractivity contribution in [3.05, 3.63) is 104 Å². The van der Waals surface area contributed by atoms with Crippen LogP contribution in [0.1, 0.15) is 423 Å². The molecule has 4 nitrogen and oxygen atoms in total. The van der Waals surface area contributed by atoms with Gasteiger partial charge < -0.3 is 20.4 Å². The van der Waals surface area contributed by atoms with E-state index in [4.69, 9.17) is 0 Å². The molecular formula is C116H190O4. The monoisotopic (exact) mass is 1650 g/mol. The molecule has 16 aliphatic carbocycles. The SMILES string of the molecule is C/C=C(/CC[C@@H](C)C1CCC2C3=CC=C4C[C@@H](O)CC[C@]4(C)C3CC[C@@]21C)C(C)C.C/C=C(/CC[C@@H](C)C1CCC2C3=CCC4C[C@@H](O)CC[C@]4(C)C3CC[C@@]21C)C(C)C.C/C=C(/CC[C@@H](C)C1CCC2C3CC=C4C[C@@H](O)CC[C@]4(C)C3CC[C@@]21C)C(C)C.CCC(CC[C@@H](C)C1CCC2C3CC=C4C[C@@H](O)CC[C@]4(C)C3CC[C@@]21C)=C(C)C. The highest BCUT2D eigenvalue weighted by atomic mass is 16.3. The maximum atomic E-state index is 10.3. The number of allylic oxidation sites excluding steroid dienone is 15. The Balaban J connectivity index is 0.000000138. The molecule has 0 aromatic carbocycles. The molecule has 15 unspecified atom stereocenters. The van der Waals surface area contributed by atoms with Crippen LogP contribution < -0.4 is 0 Å². The number of hydrogen-bond acceptors (Lipinski definition) is 4. The number of aliphatic hydroxyl groups is 4. The predicted octanol–water partition coefficient (Wildman–Crippen LogP) is 31.8. The van der Waals surface area contributed by atoms with Gasteiger partial charge in [0.1, 0.15) is 0 Å². The molecule has 0 radical (unpaired) electrons. The van der Waals surface area contributed by atoms with E-state index in [1.165, 1.54) is 211 Å². The molecule has 31 atom stereocenters. The van der Waals surface area contributed by atoms with Gasteiger partial charge in [0, 0.05) is 0 Å². The van der Waals surface area contributed by atoms with E-state index < -0.39 is 0 Å². The van der Waals surface area contributed by atoms with Crippen molar-refractivity contribution in [2.45, 2.75) is 447 Å². The van der Waals surface area contributed by atoms with Crippen LogP contribution in [0, 0.1) is 174 Å². The molecule has 4 N–H and O–H groups in total. The largest absolute Gasteiger partial charge is 0.393 e. The van der Waals surface area contributed by atoms with E-state index in [1.807, 2.05) is 5.57 Å². The van der Waals surface area contributed by atoms with Crippen LogP contribution in [0.5, 0.6) is 0 Å². The van der Waals surface area contributed by atoms with Crippen LogP contribution in [0.3, 0.4) is 0 Å². The van der Waals surface area contributed by atoms with Crippen molar-refractivity contribution in [1.29, 1.82) is 0 Å². The Kier molecular flexibility index (Phi) is 30.3. The first-order valence-electron chi connectivity index (χ1n) is 52.6. The highest BCUT2D eigenvalue weighted by Crippen LogP contribution is 2.73. The molecule has 120 heavy (non-hydrogen) atoms. The van der Waals surface area contributed by atoms with Gasteiger partial charge in [-0.25, -0.2) is 0 Å². The molecule has 0 amide bonds. The number of fused-ring (bicyclic) bond motifs is 20. The lowest BCUT2D eigenvalue weighted by Gasteiger charge is -2.58. The van der Waals surface area contributed by atoms with Gasteiger partial charge in [-0.1, -0.05) is 236 Å². The summed E-state index contributed by atoms with van der Waals surface area (Å²) in [6.07, 6.45) is 70.9. The molecule has 0 aromatic heterocycles. The van der Waals surface area contributed by atoms with Crippen LogP contribution in [0.2, 0.25) is 0 Å². The van der Waals surface area contributed by atoms with E-state index in [9.17, 15) is 20.4 Å². The van der Waals surface area contributed by atoms with Crippen LogP contribution in [0.4, 0.5) is 0 Å². The summed E-state index contributed by atoms with van der Waals surface area (Å²) in [6.45, 7) is 58.9. The Morgan fingerprint density at radius 1 is 0.358 bits per heavy atom. The highest BCUT2D eigenvalue weighted by molar-refractivity contribution is 5.39. The van der Waals surface area contributed by atoms with E-state index in [2.05, 4.69) is 215 Å². The van der Waals surface area contributed by atoms with Crippen molar-refractivity contribution < 1.29 is 20.4 Å². The second-order valence-electron chi connectivity index (χ2n) is 49.3. The third-order valence-electron chi connectivity index (χ3n) is 42.8. The van der Waals surface area contributed by atoms with Gasteiger partial charge >= 0.3 is 0 Å². The summed E-state index contributed by atoms with van der Waals surface area (Å²) < 4.78 is 0. The van der Waals surface area contributed by atoms with Crippen molar-refractivity contribution in [2.24, 2.45) is 174 Å². The van der Waals surface area contributed by atoms with Gasteiger partial charge in [-0.05, 0) is 465 Å². The fourth-order valence-corrected chi connectivity index (χ4v) is 35.1. The van der Waals surface area contributed by atoms with Crippen molar-refractivity contribution in [1.82, 2.24) is 0 Å². The van der Waals surface area contributed by atoms with Crippen molar-refractivity contribution in [3.8, 4) is 0 Å². The number of hydrogen-bond donors (Lipinski definition) is 4.